The predicted molar refractivity (Wildman–Crippen MR) is 123 cm³/mol. The van der Waals surface area contributed by atoms with E-state index in [1.807, 2.05) is 0 Å². The molecule has 0 radical (unpaired) electrons. The van der Waals surface area contributed by atoms with E-state index in [1.54, 1.807) is 36.4 Å². The van der Waals surface area contributed by atoms with Crippen molar-refractivity contribution in [2.45, 2.75) is 12.8 Å². The van der Waals surface area contributed by atoms with Crippen molar-refractivity contribution in [3.63, 3.8) is 0 Å². The molecule has 0 spiro atoms. The average molecular weight is 504 g/mol. The number of thiocarbonyl (C=S) groups is 1. The van der Waals surface area contributed by atoms with Crippen molar-refractivity contribution in [2.75, 3.05) is 11.9 Å². The normalized spacial score (nSPS) is 10.0. The minimum absolute atomic E-state index is 0.0999. The Morgan fingerprint density at radius 1 is 0.871 bits per heavy atom. The van der Waals surface area contributed by atoms with E-state index >= 15 is 0 Å². The smallest absolute Gasteiger partial charge is 0.264 e. The molecule has 2 aromatic carbocycles. The molecule has 0 aliphatic carbocycles. The number of hydrazine groups is 1. The first-order chi connectivity index (χ1) is 14.7. The Kier molecular flexibility index (Phi) is 9.80. The predicted octanol–water partition coefficient (Wildman–Crippen LogP) is 3.47. The Bertz CT molecular complexity index is 990. The number of carbonyl (C=O) groups excluding carboxylic acids is 3. The van der Waals surface area contributed by atoms with Gasteiger partial charge in [0.05, 0.1) is 15.7 Å². The highest BCUT2D eigenvalue weighted by Crippen LogP contribution is 2.25. The van der Waals surface area contributed by atoms with Crippen LogP contribution in [-0.2, 0) is 14.4 Å². The van der Waals surface area contributed by atoms with Gasteiger partial charge in [0.15, 0.2) is 11.7 Å². The molecular formula is C19H17Cl3N4O4S. The number of halogens is 3. The summed E-state index contributed by atoms with van der Waals surface area (Å²) in [6.45, 7) is -0.326. The molecule has 0 heterocycles. The van der Waals surface area contributed by atoms with E-state index in [-0.39, 0.29) is 29.6 Å². The van der Waals surface area contributed by atoms with E-state index in [2.05, 4.69) is 21.5 Å². The summed E-state index contributed by atoms with van der Waals surface area (Å²) in [6, 6.07) is 11.3. The number of benzene rings is 2. The number of nitrogens with one attached hydrogen (secondary N) is 4. The fourth-order valence-electron chi connectivity index (χ4n) is 2.12. The zero-order valence-corrected chi connectivity index (χ0v) is 18.9. The maximum Gasteiger partial charge on any atom is 0.264 e. The van der Waals surface area contributed by atoms with Gasteiger partial charge in [-0.2, -0.15) is 0 Å². The zero-order valence-electron chi connectivity index (χ0n) is 15.8. The monoisotopic (exact) mass is 502 g/mol. The summed E-state index contributed by atoms with van der Waals surface area (Å²) in [5.74, 6) is -1.12. The molecule has 0 aliphatic rings. The first-order valence-electron chi connectivity index (χ1n) is 8.75. The molecular weight excluding hydrogens is 487 g/mol. The van der Waals surface area contributed by atoms with E-state index in [0.29, 0.717) is 21.5 Å². The van der Waals surface area contributed by atoms with E-state index in [9.17, 15) is 14.4 Å². The number of anilines is 1. The third kappa shape index (κ3) is 8.97. The number of carbonyl (C=O) groups is 3. The first kappa shape index (κ1) is 24.7. The Balaban J connectivity index is 1.64. The van der Waals surface area contributed by atoms with Crippen LogP contribution in [0.3, 0.4) is 0 Å². The van der Waals surface area contributed by atoms with Crippen molar-refractivity contribution >= 4 is 75.5 Å². The molecule has 0 aromatic heterocycles. The molecule has 0 atom stereocenters. The summed E-state index contributed by atoms with van der Waals surface area (Å²) < 4.78 is 5.27. The van der Waals surface area contributed by atoms with Crippen molar-refractivity contribution in [1.29, 1.82) is 0 Å². The first-order valence-corrected chi connectivity index (χ1v) is 10.3. The van der Waals surface area contributed by atoms with Crippen LogP contribution in [0.15, 0.2) is 42.5 Å². The van der Waals surface area contributed by atoms with E-state index in [4.69, 9.17) is 51.8 Å². The minimum atomic E-state index is -0.550. The highest BCUT2D eigenvalue weighted by molar-refractivity contribution is 7.80. The third-order valence-corrected chi connectivity index (χ3v) is 4.61. The van der Waals surface area contributed by atoms with Gasteiger partial charge in [-0.3, -0.25) is 30.6 Å². The molecule has 8 nitrogen and oxygen atoms in total. The van der Waals surface area contributed by atoms with Gasteiger partial charge in [-0.05, 0) is 42.5 Å². The quantitative estimate of drug-likeness (QED) is 0.340. The van der Waals surface area contributed by atoms with Crippen LogP contribution in [0.5, 0.6) is 5.75 Å². The van der Waals surface area contributed by atoms with Crippen molar-refractivity contribution in [2.24, 2.45) is 0 Å². The van der Waals surface area contributed by atoms with Gasteiger partial charge < -0.3 is 10.1 Å². The Labute approximate surface area is 198 Å². The van der Waals surface area contributed by atoms with Gasteiger partial charge in [0, 0.05) is 17.9 Å². The highest BCUT2D eigenvalue weighted by Gasteiger charge is 2.11. The maximum atomic E-state index is 11.9. The molecule has 2 aromatic rings. The molecule has 0 saturated heterocycles. The SMILES string of the molecule is O=C(CCC(=O)Nc1ccc(Cl)cc1Cl)NNC(=S)NC(=O)COc1ccccc1Cl. The Morgan fingerprint density at radius 2 is 1.58 bits per heavy atom. The van der Waals surface area contributed by atoms with Gasteiger partial charge in [-0.25, -0.2) is 0 Å². The highest BCUT2D eigenvalue weighted by atomic mass is 35.5. The number of ether oxygens (including phenoxy) is 1. The average Bonchev–Trinajstić information content (AvgIpc) is 2.72. The standard InChI is InChI=1S/C19H17Cl3N4O4S/c20-11-5-6-14(13(22)9-11)23-16(27)7-8-17(28)25-26-19(31)24-18(29)10-30-15-4-2-1-3-12(15)21/h1-6,9H,7-8,10H2,(H,23,27)(H,25,28)(H2,24,26,29,31). The van der Waals surface area contributed by atoms with Gasteiger partial charge in [0.1, 0.15) is 5.75 Å². The summed E-state index contributed by atoms with van der Waals surface area (Å²) in [7, 11) is 0. The molecule has 0 bridgehead atoms. The molecule has 0 unspecified atom stereocenters. The number of rotatable bonds is 7. The lowest BCUT2D eigenvalue weighted by Gasteiger charge is -2.12. The van der Waals surface area contributed by atoms with Crippen molar-refractivity contribution < 1.29 is 19.1 Å². The van der Waals surface area contributed by atoms with Crippen molar-refractivity contribution in [3.8, 4) is 5.75 Å². The van der Waals surface area contributed by atoms with Gasteiger partial charge >= 0.3 is 0 Å². The maximum absolute atomic E-state index is 11.9. The molecule has 0 aliphatic heterocycles. The summed E-state index contributed by atoms with van der Waals surface area (Å²) in [4.78, 5) is 35.6. The third-order valence-electron chi connectivity index (χ3n) is 3.55. The second-order valence-electron chi connectivity index (χ2n) is 5.94. The zero-order chi connectivity index (χ0) is 22.8. The van der Waals surface area contributed by atoms with Crippen LogP contribution in [-0.4, -0.2) is 29.4 Å². The van der Waals surface area contributed by atoms with Crippen LogP contribution in [0.4, 0.5) is 5.69 Å². The van der Waals surface area contributed by atoms with Crippen molar-refractivity contribution in [3.05, 3.63) is 57.5 Å². The van der Waals surface area contributed by atoms with E-state index in [0.717, 1.165) is 0 Å². The molecule has 0 saturated carbocycles. The van der Waals surface area contributed by atoms with Crippen LogP contribution in [0.1, 0.15) is 12.8 Å². The summed E-state index contributed by atoms with van der Waals surface area (Å²) >= 11 is 22.6. The topological polar surface area (TPSA) is 109 Å². The number of hydrogen-bond donors (Lipinski definition) is 4. The summed E-state index contributed by atoms with van der Waals surface area (Å²) in [5, 5.41) is 5.85. The lowest BCUT2D eigenvalue weighted by molar-refractivity contribution is -0.125. The van der Waals surface area contributed by atoms with Gasteiger partial charge in [0.25, 0.3) is 5.91 Å². The molecule has 12 heteroatoms. The second kappa shape index (κ2) is 12.3. The van der Waals surface area contributed by atoms with Gasteiger partial charge in [0.2, 0.25) is 11.8 Å². The van der Waals surface area contributed by atoms with Crippen molar-refractivity contribution in [1.82, 2.24) is 16.2 Å². The molecule has 3 amide bonds. The largest absolute Gasteiger partial charge is 0.482 e. The van der Waals surface area contributed by atoms with E-state index in [1.165, 1.54) is 6.07 Å². The molecule has 0 fully saturated rings. The molecule has 2 rings (SSSR count). The number of hydrogen-bond acceptors (Lipinski definition) is 5. The Morgan fingerprint density at radius 3 is 2.29 bits per heavy atom. The second-order valence-corrected chi connectivity index (χ2v) is 7.60. The fourth-order valence-corrected chi connectivity index (χ4v) is 2.93. The summed E-state index contributed by atoms with van der Waals surface area (Å²) in [5.41, 5.74) is 5.03. The van der Waals surface area contributed by atoms with Gasteiger partial charge in [-0.15, -0.1) is 0 Å². The van der Waals surface area contributed by atoms with Crippen LogP contribution >= 0.6 is 47.0 Å². The fraction of sp³-hybridized carbons (Fsp3) is 0.158. The lowest BCUT2D eigenvalue weighted by Crippen LogP contribution is -2.49. The van der Waals surface area contributed by atoms with Gasteiger partial charge in [-0.1, -0.05) is 46.9 Å². The molecule has 4 N–H and O–H groups in total. The lowest BCUT2D eigenvalue weighted by atomic mass is 10.2. The van der Waals surface area contributed by atoms with Crippen LogP contribution in [0.25, 0.3) is 0 Å². The van der Waals surface area contributed by atoms with Crippen LogP contribution in [0, 0.1) is 0 Å². The number of amides is 3. The Hall–Kier alpha value is -2.59. The van der Waals surface area contributed by atoms with Crippen LogP contribution < -0.4 is 26.2 Å². The molecule has 164 valence electrons. The van der Waals surface area contributed by atoms with Crippen LogP contribution in [0.2, 0.25) is 15.1 Å². The minimum Gasteiger partial charge on any atom is -0.482 e. The number of para-hydroxylation sites is 1. The summed E-state index contributed by atoms with van der Waals surface area (Å²) in [6.07, 6.45) is -0.229. The molecule has 31 heavy (non-hydrogen) atoms. The van der Waals surface area contributed by atoms with E-state index < -0.39 is 17.7 Å².